The van der Waals surface area contributed by atoms with Crippen molar-refractivity contribution in [1.29, 1.82) is 0 Å². The van der Waals surface area contributed by atoms with Crippen LogP contribution in [-0.4, -0.2) is 18.0 Å². The third-order valence-electron chi connectivity index (χ3n) is 5.66. The predicted octanol–water partition coefficient (Wildman–Crippen LogP) is 4.19. The van der Waals surface area contributed by atoms with Crippen molar-refractivity contribution in [1.82, 2.24) is 4.98 Å². The monoisotopic (exact) mass is 387 g/mol. The van der Waals surface area contributed by atoms with E-state index in [9.17, 15) is 4.79 Å². The summed E-state index contributed by atoms with van der Waals surface area (Å²) in [6, 6.07) is 19.5. The summed E-state index contributed by atoms with van der Waals surface area (Å²) in [7, 11) is 1.64. The van der Waals surface area contributed by atoms with Gasteiger partial charge in [0.2, 0.25) is 5.91 Å². The molecule has 0 bridgehead atoms. The number of hydrogen-bond acceptors (Lipinski definition) is 4. The highest BCUT2D eigenvalue weighted by Crippen LogP contribution is 2.49. The molecule has 1 amide bonds. The number of nitrogens with one attached hydrogen (secondary N) is 1. The summed E-state index contributed by atoms with van der Waals surface area (Å²) in [5, 5.41) is 3.03. The molecule has 4 rings (SSSR count). The Balaban J connectivity index is 1.60. The first-order valence-corrected chi connectivity index (χ1v) is 9.79. The van der Waals surface area contributed by atoms with E-state index in [0.717, 1.165) is 46.5 Å². The standard InChI is InChI=1S/C24H25N3O2/c1-16-7-12-21(26-22(16)20-6-4-3-5-17(20)15-25)27-23(28)24(13-14-24)18-8-10-19(29-2)11-9-18/h3-12H,13-15,25H2,1-2H3,(H,26,27,28). The highest BCUT2D eigenvalue weighted by Gasteiger charge is 2.51. The summed E-state index contributed by atoms with van der Waals surface area (Å²) in [6.45, 7) is 2.45. The predicted molar refractivity (Wildman–Crippen MR) is 115 cm³/mol. The minimum absolute atomic E-state index is 0.0166. The molecule has 2 aromatic carbocycles. The zero-order valence-corrected chi connectivity index (χ0v) is 16.7. The van der Waals surface area contributed by atoms with Gasteiger partial charge in [0.15, 0.2) is 0 Å². The van der Waals surface area contributed by atoms with Gasteiger partial charge in [-0.15, -0.1) is 0 Å². The maximum absolute atomic E-state index is 13.1. The smallest absolute Gasteiger partial charge is 0.236 e. The van der Waals surface area contributed by atoms with E-state index in [0.29, 0.717) is 12.4 Å². The molecule has 1 aliphatic carbocycles. The van der Waals surface area contributed by atoms with Crippen LogP contribution in [0.25, 0.3) is 11.3 Å². The number of benzene rings is 2. The van der Waals surface area contributed by atoms with Crippen LogP contribution in [0.15, 0.2) is 60.7 Å². The second kappa shape index (κ2) is 7.68. The second-order valence-corrected chi connectivity index (χ2v) is 7.49. The van der Waals surface area contributed by atoms with Crippen molar-refractivity contribution < 1.29 is 9.53 Å². The molecule has 0 radical (unpaired) electrons. The van der Waals surface area contributed by atoms with Crippen LogP contribution in [0.2, 0.25) is 0 Å². The van der Waals surface area contributed by atoms with Crippen molar-refractivity contribution in [3.05, 3.63) is 77.4 Å². The number of hydrogen-bond donors (Lipinski definition) is 2. The lowest BCUT2D eigenvalue weighted by atomic mass is 9.95. The number of nitrogens with zero attached hydrogens (tertiary/aromatic N) is 1. The van der Waals surface area contributed by atoms with Crippen LogP contribution < -0.4 is 15.8 Å². The zero-order valence-electron chi connectivity index (χ0n) is 16.7. The maximum Gasteiger partial charge on any atom is 0.236 e. The lowest BCUT2D eigenvalue weighted by molar-refractivity contribution is -0.118. The number of rotatable bonds is 6. The Morgan fingerprint density at radius 2 is 1.83 bits per heavy atom. The van der Waals surface area contributed by atoms with Gasteiger partial charge < -0.3 is 15.8 Å². The number of methoxy groups -OCH3 is 1. The highest BCUT2D eigenvalue weighted by atomic mass is 16.5. The number of aromatic nitrogens is 1. The molecular formula is C24H25N3O2. The highest BCUT2D eigenvalue weighted by molar-refractivity contribution is 6.01. The Bertz CT molecular complexity index is 1040. The van der Waals surface area contributed by atoms with Crippen molar-refractivity contribution in [2.24, 2.45) is 5.73 Å². The quantitative estimate of drug-likeness (QED) is 0.665. The second-order valence-electron chi connectivity index (χ2n) is 7.49. The van der Waals surface area contributed by atoms with Gasteiger partial charge in [0.25, 0.3) is 0 Å². The normalized spacial score (nSPS) is 14.3. The summed E-state index contributed by atoms with van der Waals surface area (Å²) < 4.78 is 5.22. The van der Waals surface area contributed by atoms with Crippen LogP contribution in [0, 0.1) is 6.92 Å². The lowest BCUT2D eigenvalue weighted by Crippen LogP contribution is -2.28. The van der Waals surface area contributed by atoms with E-state index in [1.54, 1.807) is 7.11 Å². The molecule has 148 valence electrons. The Morgan fingerprint density at radius 1 is 1.10 bits per heavy atom. The molecule has 0 atom stereocenters. The molecule has 0 aliphatic heterocycles. The average molecular weight is 387 g/mol. The SMILES string of the molecule is COc1ccc(C2(C(=O)Nc3ccc(C)c(-c4ccccc4CN)n3)CC2)cc1. The molecule has 1 heterocycles. The fourth-order valence-corrected chi connectivity index (χ4v) is 3.72. The van der Waals surface area contributed by atoms with Crippen LogP contribution >= 0.6 is 0 Å². The number of ether oxygens (including phenoxy) is 1. The molecule has 1 aromatic heterocycles. The summed E-state index contributed by atoms with van der Waals surface area (Å²) in [5.74, 6) is 1.33. The molecule has 0 spiro atoms. The van der Waals surface area contributed by atoms with Gasteiger partial charge >= 0.3 is 0 Å². The van der Waals surface area contributed by atoms with Crippen LogP contribution in [0.4, 0.5) is 5.82 Å². The van der Waals surface area contributed by atoms with Gasteiger partial charge in [-0.05, 0) is 54.7 Å². The van der Waals surface area contributed by atoms with E-state index in [1.165, 1.54) is 0 Å². The number of carbonyl (C=O) groups is 1. The van der Waals surface area contributed by atoms with Gasteiger partial charge in [0.05, 0.1) is 18.2 Å². The summed E-state index contributed by atoms with van der Waals surface area (Å²) >= 11 is 0. The van der Waals surface area contributed by atoms with Crippen molar-refractivity contribution in [2.75, 3.05) is 12.4 Å². The van der Waals surface area contributed by atoms with Crippen molar-refractivity contribution in [3.8, 4) is 17.0 Å². The molecule has 5 heteroatoms. The summed E-state index contributed by atoms with van der Waals surface area (Å²) in [6.07, 6.45) is 1.67. The minimum atomic E-state index is -0.478. The number of aryl methyl sites for hydroxylation is 1. The van der Waals surface area contributed by atoms with Gasteiger partial charge in [-0.2, -0.15) is 0 Å². The molecule has 0 unspecified atom stereocenters. The van der Waals surface area contributed by atoms with E-state index in [2.05, 4.69) is 5.32 Å². The first-order chi connectivity index (χ1) is 14.1. The van der Waals surface area contributed by atoms with Crippen LogP contribution in [0.3, 0.4) is 0 Å². The van der Waals surface area contributed by atoms with E-state index >= 15 is 0 Å². The van der Waals surface area contributed by atoms with Crippen LogP contribution in [0.5, 0.6) is 5.75 Å². The van der Waals surface area contributed by atoms with Gasteiger partial charge in [-0.3, -0.25) is 4.79 Å². The topological polar surface area (TPSA) is 77.2 Å². The Kier molecular flexibility index (Phi) is 5.07. The van der Waals surface area contributed by atoms with E-state index in [1.807, 2.05) is 67.6 Å². The van der Waals surface area contributed by atoms with Gasteiger partial charge in [-0.25, -0.2) is 4.98 Å². The molecule has 3 aromatic rings. The number of anilines is 1. The first kappa shape index (κ1) is 19.2. The molecule has 1 aliphatic rings. The maximum atomic E-state index is 13.1. The number of carbonyl (C=O) groups excluding carboxylic acids is 1. The molecule has 3 N–H and O–H groups in total. The van der Waals surface area contributed by atoms with Crippen LogP contribution in [0.1, 0.15) is 29.5 Å². The fraction of sp³-hybridized carbons (Fsp3) is 0.250. The number of amides is 1. The van der Waals surface area contributed by atoms with Crippen LogP contribution in [-0.2, 0) is 16.8 Å². The number of pyridine rings is 1. The third-order valence-corrected chi connectivity index (χ3v) is 5.66. The van der Waals surface area contributed by atoms with E-state index < -0.39 is 5.41 Å². The first-order valence-electron chi connectivity index (χ1n) is 9.79. The van der Waals surface area contributed by atoms with Crippen molar-refractivity contribution in [3.63, 3.8) is 0 Å². The molecule has 1 fully saturated rings. The van der Waals surface area contributed by atoms with Crippen molar-refractivity contribution in [2.45, 2.75) is 31.7 Å². The van der Waals surface area contributed by atoms with Gasteiger partial charge in [0.1, 0.15) is 11.6 Å². The molecule has 1 saturated carbocycles. The molecule has 29 heavy (non-hydrogen) atoms. The third kappa shape index (κ3) is 3.61. The summed E-state index contributed by atoms with van der Waals surface area (Å²) in [4.78, 5) is 17.9. The molecule has 0 saturated heterocycles. The fourth-order valence-electron chi connectivity index (χ4n) is 3.72. The molecular weight excluding hydrogens is 362 g/mol. The zero-order chi connectivity index (χ0) is 20.4. The largest absolute Gasteiger partial charge is 0.497 e. The number of nitrogens with two attached hydrogens (primary N) is 1. The summed E-state index contributed by atoms with van der Waals surface area (Å²) in [5.41, 5.74) is 10.4. The lowest BCUT2D eigenvalue weighted by Gasteiger charge is -2.17. The average Bonchev–Trinajstić information content (AvgIpc) is 3.57. The minimum Gasteiger partial charge on any atom is -0.497 e. The molecule has 5 nitrogen and oxygen atoms in total. The Morgan fingerprint density at radius 3 is 2.48 bits per heavy atom. The van der Waals surface area contributed by atoms with Gasteiger partial charge in [0, 0.05) is 12.1 Å². The Labute approximate surface area is 170 Å². The van der Waals surface area contributed by atoms with E-state index in [-0.39, 0.29) is 5.91 Å². The van der Waals surface area contributed by atoms with Gasteiger partial charge in [-0.1, -0.05) is 42.5 Å². The Hall–Kier alpha value is -3.18. The van der Waals surface area contributed by atoms with E-state index in [4.69, 9.17) is 15.5 Å². The van der Waals surface area contributed by atoms with Crippen molar-refractivity contribution >= 4 is 11.7 Å².